The molecule has 0 N–H and O–H groups in total. The number of allylic oxidation sites excluding steroid dienone is 1. The minimum atomic E-state index is -0.528. The molecule has 1 aliphatic heterocycles. The summed E-state index contributed by atoms with van der Waals surface area (Å²) >= 11 is 0. The lowest BCUT2D eigenvalue weighted by atomic mass is 10.1. The fraction of sp³-hybridized carbons (Fsp3) is 0.118. The van der Waals surface area contributed by atoms with Gasteiger partial charge in [0.2, 0.25) is 6.79 Å². The molecule has 1 aliphatic rings. The van der Waals surface area contributed by atoms with Crippen LogP contribution in [0.4, 0.5) is 5.69 Å². The molecule has 0 unspecified atom stereocenters. The number of nitrogens with zero attached hydrogens (tertiary/aromatic N) is 1. The van der Waals surface area contributed by atoms with E-state index in [9.17, 15) is 14.9 Å². The number of benzene rings is 2. The molecule has 0 amide bonds. The van der Waals surface area contributed by atoms with E-state index in [4.69, 9.17) is 14.2 Å². The molecule has 7 nitrogen and oxygen atoms in total. The Morgan fingerprint density at radius 3 is 2.50 bits per heavy atom. The maximum Gasteiger partial charge on any atom is 0.280 e. The number of nitro groups is 1. The third-order valence-corrected chi connectivity index (χ3v) is 3.51. The summed E-state index contributed by atoms with van der Waals surface area (Å²) in [5.74, 6) is 1.10. The maximum atomic E-state index is 12.2. The van der Waals surface area contributed by atoms with Gasteiger partial charge < -0.3 is 14.2 Å². The van der Waals surface area contributed by atoms with E-state index in [1.807, 2.05) is 0 Å². The SMILES string of the molecule is COc1ccc(C(=O)/C=C/c2cc3c(cc2[N+](=O)[O-])OCO3)cc1. The number of ketones is 1. The molecule has 7 heteroatoms. The zero-order chi connectivity index (χ0) is 17.1. The molecule has 0 radical (unpaired) electrons. The van der Waals surface area contributed by atoms with Crippen molar-refractivity contribution in [3.8, 4) is 17.2 Å². The van der Waals surface area contributed by atoms with Gasteiger partial charge in [-0.15, -0.1) is 0 Å². The molecule has 0 aromatic heterocycles. The zero-order valence-corrected chi connectivity index (χ0v) is 12.7. The van der Waals surface area contributed by atoms with Crippen LogP contribution in [0.1, 0.15) is 15.9 Å². The first-order chi connectivity index (χ1) is 11.6. The van der Waals surface area contributed by atoms with E-state index < -0.39 is 4.92 Å². The number of hydrogen-bond acceptors (Lipinski definition) is 6. The molecule has 122 valence electrons. The Morgan fingerprint density at radius 2 is 1.88 bits per heavy atom. The first-order valence-electron chi connectivity index (χ1n) is 7.03. The highest BCUT2D eigenvalue weighted by molar-refractivity contribution is 6.07. The highest BCUT2D eigenvalue weighted by atomic mass is 16.7. The lowest BCUT2D eigenvalue weighted by molar-refractivity contribution is -0.385. The van der Waals surface area contributed by atoms with Gasteiger partial charge >= 0.3 is 0 Å². The molecule has 3 rings (SSSR count). The van der Waals surface area contributed by atoms with Gasteiger partial charge in [-0.25, -0.2) is 0 Å². The van der Waals surface area contributed by atoms with Gasteiger partial charge in [-0.05, 0) is 42.5 Å². The number of carbonyl (C=O) groups is 1. The van der Waals surface area contributed by atoms with Crippen molar-refractivity contribution >= 4 is 17.5 Å². The molecular formula is C17H13NO6. The zero-order valence-electron chi connectivity index (χ0n) is 12.7. The van der Waals surface area contributed by atoms with Crippen LogP contribution in [-0.2, 0) is 0 Å². The van der Waals surface area contributed by atoms with E-state index in [2.05, 4.69) is 0 Å². The van der Waals surface area contributed by atoms with Crippen molar-refractivity contribution in [2.45, 2.75) is 0 Å². The highest BCUT2D eigenvalue weighted by Gasteiger charge is 2.22. The second kappa shape index (κ2) is 6.41. The Hall–Kier alpha value is -3.35. The summed E-state index contributed by atoms with van der Waals surface area (Å²) < 4.78 is 15.4. The number of carbonyl (C=O) groups excluding carboxylic acids is 1. The second-order valence-electron chi connectivity index (χ2n) is 4.95. The summed E-state index contributed by atoms with van der Waals surface area (Å²) in [4.78, 5) is 22.8. The van der Waals surface area contributed by atoms with E-state index in [0.717, 1.165) is 0 Å². The quantitative estimate of drug-likeness (QED) is 0.362. The summed E-state index contributed by atoms with van der Waals surface area (Å²) in [6.07, 6.45) is 2.68. The van der Waals surface area contributed by atoms with Crippen LogP contribution in [0, 0.1) is 10.1 Å². The van der Waals surface area contributed by atoms with Crippen LogP contribution in [0.25, 0.3) is 6.08 Å². The van der Waals surface area contributed by atoms with E-state index >= 15 is 0 Å². The lowest BCUT2D eigenvalue weighted by Crippen LogP contribution is -1.95. The maximum absolute atomic E-state index is 12.2. The summed E-state index contributed by atoms with van der Waals surface area (Å²) in [6.45, 7) is 0.0183. The van der Waals surface area contributed by atoms with Crippen molar-refractivity contribution in [1.82, 2.24) is 0 Å². The van der Waals surface area contributed by atoms with Gasteiger partial charge in [0.15, 0.2) is 17.3 Å². The Kier molecular flexibility index (Phi) is 4.15. The number of hydrogen-bond donors (Lipinski definition) is 0. The lowest BCUT2D eigenvalue weighted by Gasteiger charge is -2.02. The van der Waals surface area contributed by atoms with Crippen molar-refractivity contribution in [3.63, 3.8) is 0 Å². The normalized spacial score (nSPS) is 12.4. The van der Waals surface area contributed by atoms with Crippen LogP contribution in [0.5, 0.6) is 17.2 Å². The summed E-state index contributed by atoms with van der Waals surface area (Å²) in [5.41, 5.74) is 0.569. The minimum Gasteiger partial charge on any atom is -0.497 e. The van der Waals surface area contributed by atoms with Crippen molar-refractivity contribution in [3.05, 3.63) is 63.7 Å². The third-order valence-electron chi connectivity index (χ3n) is 3.51. The van der Waals surface area contributed by atoms with Crippen molar-refractivity contribution in [1.29, 1.82) is 0 Å². The Balaban J connectivity index is 1.87. The minimum absolute atomic E-state index is 0.0183. The molecular weight excluding hydrogens is 314 g/mol. The third kappa shape index (κ3) is 3.05. The summed E-state index contributed by atoms with van der Waals surface area (Å²) in [5, 5.41) is 11.2. The average molecular weight is 327 g/mol. The van der Waals surface area contributed by atoms with Crippen LogP contribution in [0.3, 0.4) is 0 Å². The molecule has 0 saturated carbocycles. The van der Waals surface area contributed by atoms with Gasteiger partial charge in [0.05, 0.1) is 23.7 Å². The van der Waals surface area contributed by atoms with Gasteiger partial charge in [-0.3, -0.25) is 14.9 Å². The molecule has 2 aromatic rings. The van der Waals surface area contributed by atoms with Crippen LogP contribution in [-0.4, -0.2) is 24.6 Å². The number of nitro benzene ring substituents is 1. The average Bonchev–Trinajstić information content (AvgIpc) is 3.06. The monoisotopic (exact) mass is 327 g/mol. The molecule has 0 spiro atoms. The number of fused-ring (bicyclic) bond motifs is 1. The molecule has 0 atom stereocenters. The van der Waals surface area contributed by atoms with Crippen LogP contribution in [0.2, 0.25) is 0 Å². The van der Waals surface area contributed by atoms with Gasteiger partial charge in [0, 0.05) is 5.56 Å². The molecule has 2 aromatic carbocycles. The fourth-order valence-corrected chi connectivity index (χ4v) is 2.26. The smallest absolute Gasteiger partial charge is 0.280 e. The van der Waals surface area contributed by atoms with E-state index in [1.54, 1.807) is 24.3 Å². The molecule has 0 bridgehead atoms. The van der Waals surface area contributed by atoms with E-state index in [-0.39, 0.29) is 23.8 Å². The van der Waals surface area contributed by atoms with Gasteiger partial charge in [-0.2, -0.15) is 0 Å². The molecule has 0 aliphatic carbocycles. The summed E-state index contributed by atoms with van der Waals surface area (Å²) in [7, 11) is 1.54. The first-order valence-corrected chi connectivity index (χ1v) is 7.03. The number of ether oxygens (including phenoxy) is 3. The predicted octanol–water partition coefficient (Wildman–Crippen LogP) is 3.23. The van der Waals surface area contributed by atoms with Gasteiger partial charge in [0.1, 0.15) is 5.75 Å². The predicted molar refractivity (Wildman–Crippen MR) is 85.6 cm³/mol. The van der Waals surface area contributed by atoms with E-state index in [1.165, 1.54) is 31.4 Å². The van der Waals surface area contributed by atoms with Crippen LogP contribution >= 0.6 is 0 Å². The number of rotatable bonds is 5. The van der Waals surface area contributed by atoms with Crippen LogP contribution in [0.15, 0.2) is 42.5 Å². The fourth-order valence-electron chi connectivity index (χ4n) is 2.26. The standard InChI is InChI=1S/C17H13NO6/c1-22-13-5-2-11(3-6-13)15(19)7-4-12-8-16-17(24-10-23-16)9-14(12)18(20)21/h2-9H,10H2,1H3/b7-4+. The van der Waals surface area contributed by atoms with Crippen LogP contribution < -0.4 is 14.2 Å². The topological polar surface area (TPSA) is 87.9 Å². The van der Waals surface area contributed by atoms with Gasteiger partial charge in [-0.1, -0.05) is 0 Å². The van der Waals surface area contributed by atoms with Gasteiger partial charge in [0.25, 0.3) is 5.69 Å². The molecule has 24 heavy (non-hydrogen) atoms. The Bertz CT molecular complexity index is 826. The second-order valence-corrected chi connectivity index (χ2v) is 4.95. The van der Waals surface area contributed by atoms with Crippen molar-refractivity contribution in [2.24, 2.45) is 0 Å². The Morgan fingerprint density at radius 1 is 1.21 bits per heavy atom. The molecule has 1 heterocycles. The number of methoxy groups -OCH3 is 1. The first kappa shape index (κ1) is 15.5. The Labute approximate surface area is 137 Å². The largest absolute Gasteiger partial charge is 0.497 e. The summed E-state index contributed by atoms with van der Waals surface area (Å²) in [6, 6.07) is 9.37. The highest BCUT2D eigenvalue weighted by Crippen LogP contribution is 2.38. The van der Waals surface area contributed by atoms with Crippen molar-refractivity contribution < 1.29 is 23.9 Å². The van der Waals surface area contributed by atoms with Crippen molar-refractivity contribution in [2.75, 3.05) is 13.9 Å². The molecule has 0 fully saturated rings. The molecule has 0 saturated heterocycles. The van der Waals surface area contributed by atoms with E-state index in [0.29, 0.717) is 22.8 Å².